The van der Waals surface area contributed by atoms with Crippen LogP contribution in [0.15, 0.2) is 103 Å². The topological polar surface area (TPSA) is 25.8 Å². The first-order chi connectivity index (χ1) is 16.1. The van der Waals surface area contributed by atoms with Gasteiger partial charge in [0.2, 0.25) is 0 Å². The number of nitrogens with zero attached hydrogens (tertiary/aromatic N) is 2. The van der Waals surface area contributed by atoms with Crippen molar-refractivity contribution in [3.05, 3.63) is 120 Å². The van der Waals surface area contributed by atoms with Crippen molar-refractivity contribution in [2.75, 3.05) is 0 Å². The van der Waals surface area contributed by atoms with E-state index in [1.807, 2.05) is 38.4 Å². The molecule has 0 bridgehead atoms. The number of hydrogen-bond acceptors (Lipinski definition) is 2. The molecule has 0 aliphatic rings. The third kappa shape index (κ3) is 4.57. The summed E-state index contributed by atoms with van der Waals surface area (Å²) in [7, 11) is 0. The van der Waals surface area contributed by atoms with Crippen molar-refractivity contribution in [1.82, 2.24) is 9.97 Å². The Labute approximate surface area is 199 Å². The van der Waals surface area contributed by atoms with Gasteiger partial charge >= 0.3 is 0 Å². The Morgan fingerprint density at radius 1 is 0.485 bits per heavy atom. The van der Waals surface area contributed by atoms with Gasteiger partial charge in [0.25, 0.3) is 0 Å². The third-order valence-corrected chi connectivity index (χ3v) is 6.11. The molecule has 5 rings (SSSR count). The molecule has 3 heteroatoms. The maximum absolute atomic E-state index is 6.71. The van der Waals surface area contributed by atoms with Crippen molar-refractivity contribution in [1.29, 1.82) is 0 Å². The van der Waals surface area contributed by atoms with E-state index >= 15 is 0 Å². The Bertz CT molecular complexity index is 1390. The maximum atomic E-state index is 6.71. The van der Waals surface area contributed by atoms with E-state index in [4.69, 9.17) is 11.6 Å². The van der Waals surface area contributed by atoms with Gasteiger partial charge in [0.05, 0.1) is 11.4 Å². The summed E-state index contributed by atoms with van der Waals surface area (Å²) in [5.41, 5.74) is 10.8. The van der Waals surface area contributed by atoms with Crippen molar-refractivity contribution in [2.24, 2.45) is 0 Å². The molecule has 0 amide bonds. The minimum absolute atomic E-state index is 0.734. The SMILES string of the molecule is Cc1ccc(-c2ccc(-c3ccc(-c4ccc(-c5ccc(C)cn5)cc4)c(Cl)c3)cc2)nc1. The molecular weight excluding hydrogens is 424 g/mol. The lowest BCUT2D eigenvalue weighted by Crippen LogP contribution is -1.87. The Balaban J connectivity index is 1.38. The van der Waals surface area contributed by atoms with Crippen molar-refractivity contribution < 1.29 is 0 Å². The number of halogens is 1. The quantitative estimate of drug-likeness (QED) is 0.277. The van der Waals surface area contributed by atoms with E-state index in [2.05, 4.69) is 88.8 Å². The van der Waals surface area contributed by atoms with Crippen LogP contribution in [0.25, 0.3) is 44.8 Å². The molecule has 5 aromatic rings. The first-order valence-corrected chi connectivity index (χ1v) is 11.3. The van der Waals surface area contributed by atoms with E-state index in [9.17, 15) is 0 Å². The van der Waals surface area contributed by atoms with E-state index < -0.39 is 0 Å². The van der Waals surface area contributed by atoms with Crippen LogP contribution in [-0.2, 0) is 0 Å². The highest BCUT2D eigenvalue weighted by Crippen LogP contribution is 2.34. The molecule has 0 N–H and O–H groups in total. The minimum atomic E-state index is 0.734. The lowest BCUT2D eigenvalue weighted by molar-refractivity contribution is 1.27. The van der Waals surface area contributed by atoms with Gasteiger partial charge in [-0.1, -0.05) is 84.4 Å². The number of pyridine rings is 2. The second-order valence-corrected chi connectivity index (χ2v) is 8.70. The fraction of sp³-hybridized carbons (Fsp3) is 0.0667. The van der Waals surface area contributed by atoms with E-state index in [0.717, 1.165) is 60.9 Å². The number of aryl methyl sites for hydroxylation is 2. The standard InChI is InChI=1S/C30H23ClN2/c1-20-3-15-29(32-18-20)24-9-5-22(6-10-24)26-13-14-27(28(31)17-26)23-7-11-25(12-8-23)30-16-4-21(2)19-33-30/h3-19H,1-2H3. The molecule has 0 saturated heterocycles. The van der Waals surface area contributed by atoms with Crippen LogP contribution in [-0.4, -0.2) is 9.97 Å². The van der Waals surface area contributed by atoms with Gasteiger partial charge in [0.15, 0.2) is 0 Å². The van der Waals surface area contributed by atoms with Crippen molar-refractivity contribution in [2.45, 2.75) is 13.8 Å². The molecule has 0 fully saturated rings. The predicted molar refractivity (Wildman–Crippen MR) is 138 cm³/mol. The van der Waals surface area contributed by atoms with E-state index in [1.54, 1.807) is 0 Å². The van der Waals surface area contributed by atoms with E-state index in [0.29, 0.717) is 0 Å². The molecule has 0 aliphatic heterocycles. The summed E-state index contributed by atoms with van der Waals surface area (Å²) in [6.45, 7) is 4.09. The fourth-order valence-electron chi connectivity index (χ4n) is 3.86. The zero-order chi connectivity index (χ0) is 22.8. The van der Waals surface area contributed by atoms with Crippen LogP contribution in [0.4, 0.5) is 0 Å². The highest BCUT2D eigenvalue weighted by Gasteiger charge is 2.08. The Morgan fingerprint density at radius 3 is 1.39 bits per heavy atom. The molecule has 0 unspecified atom stereocenters. The summed E-state index contributed by atoms with van der Waals surface area (Å²) < 4.78 is 0. The Kier molecular flexibility index (Phi) is 5.77. The molecule has 33 heavy (non-hydrogen) atoms. The molecular formula is C30H23ClN2. The molecule has 0 spiro atoms. The monoisotopic (exact) mass is 446 g/mol. The first kappa shape index (κ1) is 21.1. The lowest BCUT2D eigenvalue weighted by Gasteiger charge is -2.10. The van der Waals surface area contributed by atoms with E-state index in [-0.39, 0.29) is 0 Å². The molecule has 3 aromatic carbocycles. The molecule has 0 radical (unpaired) electrons. The van der Waals surface area contributed by atoms with Crippen LogP contribution in [0.3, 0.4) is 0 Å². The van der Waals surface area contributed by atoms with Crippen LogP contribution in [0.2, 0.25) is 5.02 Å². The maximum Gasteiger partial charge on any atom is 0.0702 e. The molecule has 2 nitrogen and oxygen atoms in total. The normalized spacial score (nSPS) is 10.9. The predicted octanol–water partition coefficient (Wildman–Crippen LogP) is 8.41. The molecule has 0 atom stereocenters. The summed E-state index contributed by atoms with van der Waals surface area (Å²) in [6.07, 6.45) is 3.79. The molecule has 2 heterocycles. The van der Waals surface area contributed by atoms with Crippen LogP contribution >= 0.6 is 11.6 Å². The lowest BCUT2D eigenvalue weighted by atomic mass is 9.98. The number of hydrogen-bond donors (Lipinski definition) is 0. The van der Waals surface area contributed by atoms with Crippen molar-refractivity contribution in [3.63, 3.8) is 0 Å². The zero-order valence-electron chi connectivity index (χ0n) is 18.6. The Hall–Kier alpha value is -3.75. The zero-order valence-corrected chi connectivity index (χ0v) is 19.3. The molecule has 160 valence electrons. The fourth-order valence-corrected chi connectivity index (χ4v) is 4.15. The highest BCUT2D eigenvalue weighted by atomic mass is 35.5. The summed E-state index contributed by atoms with van der Waals surface area (Å²) in [4.78, 5) is 9.03. The second-order valence-electron chi connectivity index (χ2n) is 8.29. The van der Waals surface area contributed by atoms with Gasteiger partial charge in [-0.25, -0.2) is 0 Å². The van der Waals surface area contributed by atoms with Gasteiger partial charge < -0.3 is 0 Å². The number of rotatable bonds is 4. The molecule has 0 aliphatic carbocycles. The summed E-state index contributed by atoms with van der Waals surface area (Å²) in [5, 5.41) is 0.734. The van der Waals surface area contributed by atoms with Gasteiger partial charge in [-0.05, 0) is 59.9 Å². The number of aromatic nitrogens is 2. The largest absolute Gasteiger partial charge is 0.256 e. The van der Waals surface area contributed by atoms with Gasteiger partial charge in [0.1, 0.15) is 0 Å². The van der Waals surface area contributed by atoms with Gasteiger partial charge in [0, 0.05) is 34.1 Å². The van der Waals surface area contributed by atoms with Crippen LogP contribution in [0.5, 0.6) is 0 Å². The average molecular weight is 447 g/mol. The van der Waals surface area contributed by atoms with Gasteiger partial charge in [-0.15, -0.1) is 0 Å². The second kappa shape index (κ2) is 9.01. The highest BCUT2D eigenvalue weighted by molar-refractivity contribution is 6.33. The summed E-state index contributed by atoms with van der Waals surface area (Å²) >= 11 is 6.71. The van der Waals surface area contributed by atoms with E-state index in [1.165, 1.54) is 0 Å². The van der Waals surface area contributed by atoms with Crippen LogP contribution < -0.4 is 0 Å². The van der Waals surface area contributed by atoms with Crippen molar-refractivity contribution in [3.8, 4) is 44.8 Å². The van der Waals surface area contributed by atoms with Crippen molar-refractivity contribution >= 4 is 11.6 Å². The third-order valence-electron chi connectivity index (χ3n) is 5.80. The van der Waals surface area contributed by atoms with Crippen LogP contribution in [0.1, 0.15) is 11.1 Å². The van der Waals surface area contributed by atoms with Crippen LogP contribution in [0, 0.1) is 13.8 Å². The number of benzene rings is 3. The summed E-state index contributed by atoms with van der Waals surface area (Å²) in [6, 6.07) is 31.3. The van der Waals surface area contributed by atoms with Gasteiger partial charge in [-0.2, -0.15) is 0 Å². The smallest absolute Gasteiger partial charge is 0.0702 e. The average Bonchev–Trinajstić information content (AvgIpc) is 2.85. The molecule has 2 aromatic heterocycles. The Morgan fingerprint density at radius 2 is 0.939 bits per heavy atom. The minimum Gasteiger partial charge on any atom is -0.256 e. The first-order valence-electron chi connectivity index (χ1n) is 10.9. The van der Waals surface area contributed by atoms with Gasteiger partial charge in [-0.3, -0.25) is 9.97 Å². The molecule has 0 saturated carbocycles. The summed E-state index contributed by atoms with van der Waals surface area (Å²) in [5.74, 6) is 0.